The van der Waals surface area contributed by atoms with Gasteiger partial charge in [-0.1, -0.05) is 38.2 Å². The lowest BCUT2D eigenvalue weighted by molar-refractivity contribution is -0.125. The molecule has 0 radical (unpaired) electrons. The minimum absolute atomic E-state index is 0.142. The molecule has 12 atom stereocenters. The predicted octanol–water partition coefficient (Wildman–Crippen LogP) is 4.22. The topological polar surface area (TPSA) is 80.9 Å². The first kappa shape index (κ1) is 23.1. The maximum Gasteiger partial charge on any atom is 0.0685 e. The van der Waals surface area contributed by atoms with Gasteiger partial charge in [-0.05, 0) is 99.7 Å². The van der Waals surface area contributed by atoms with Gasteiger partial charge in [0.1, 0.15) is 0 Å². The number of allylic oxidation sites excluding steroid dienone is 2. The Hall–Kier alpha value is -0.680. The number of hydrogen-bond donors (Lipinski definition) is 4. The zero-order valence-electron chi connectivity index (χ0n) is 20.4. The summed E-state index contributed by atoms with van der Waals surface area (Å²) >= 11 is 0. The van der Waals surface area contributed by atoms with E-state index in [-0.39, 0.29) is 34.9 Å². The van der Waals surface area contributed by atoms with Crippen molar-refractivity contribution in [2.24, 2.45) is 46.3 Å². The van der Waals surface area contributed by atoms with Gasteiger partial charge in [-0.3, -0.25) is 0 Å². The zero-order valence-corrected chi connectivity index (χ0v) is 20.4. The van der Waals surface area contributed by atoms with Gasteiger partial charge in [-0.2, -0.15) is 0 Å². The molecule has 0 bridgehead atoms. The maximum atomic E-state index is 10.5. The molecule has 4 nitrogen and oxygen atoms in total. The summed E-state index contributed by atoms with van der Waals surface area (Å²) in [7, 11) is 0. The molecular weight excluding hydrogens is 400 g/mol. The lowest BCUT2D eigenvalue weighted by atomic mass is 9.54. The van der Waals surface area contributed by atoms with Crippen molar-refractivity contribution in [3.63, 3.8) is 0 Å². The van der Waals surface area contributed by atoms with Crippen LogP contribution in [0.15, 0.2) is 24.3 Å². The lowest BCUT2D eigenvalue weighted by Gasteiger charge is -2.53. The van der Waals surface area contributed by atoms with Crippen LogP contribution >= 0.6 is 0 Å². The van der Waals surface area contributed by atoms with Crippen LogP contribution < -0.4 is 0 Å². The van der Waals surface area contributed by atoms with E-state index in [9.17, 15) is 20.4 Å². The molecular formula is C28H44O4. The van der Waals surface area contributed by atoms with Gasteiger partial charge < -0.3 is 20.4 Å². The van der Waals surface area contributed by atoms with Crippen LogP contribution in [0.25, 0.3) is 0 Å². The number of rotatable bonds is 0. The highest BCUT2D eigenvalue weighted by atomic mass is 16.3. The predicted molar refractivity (Wildman–Crippen MR) is 126 cm³/mol. The molecule has 0 heterocycles. The van der Waals surface area contributed by atoms with Crippen LogP contribution in [0.1, 0.15) is 79.1 Å². The number of aliphatic hydroxyl groups excluding tert-OH is 2. The van der Waals surface area contributed by atoms with Crippen molar-refractivity contribution in [3.8, 4) is 0 Å². The summed E-state index contributed by atoms with van der Waals surface area (Å²) in [5, 5.41) is 41.2. The van der Waals surface area contributed by atoms with Gasteiger partial charge in [0.15, 0.2) is 0 Å². The van der Waals surface area contributed by atoms with Crippen molar-refractivity contribution in [2.75, 3.05) is 0 Å². The van der Waals surface area contributed by atoms with Crippen LogP contribution in [0.3, 0.4) is 0 Å². The van der Waals surface area contributed by atoms with Crippen LogP contribution in [-0.2, 0) is 0 Å². The van der Waals surface area contributed by atoms with Crippen molar-refractivity contribution >= 4 is 0 Å². The second kappa shape index (κ2) is 7.41. The van der Waals surface area contributed by atoms with E-state index in [1.807, 2.05) is 13.8 Å². The van der Waals surface area contributed by atoms with Gasteiger partial charge in [-0.25, -0.2) is 0 Å². The van der Waals surface area contributed by atoms with Gasteiger partial charge in [0, 0.05) is 11.8 Å². The van der Waals surface area contributed by atoms with Gasteiger partial charge >= 0.3 is 0 Å². The summed E-state index contributed by atoms with van der Waals surface area (Å²) < 4.78 is 0. The van der Waals surface area contributed by atoms with E-state index in [1.54, 1.807) is 0 Å². The van der Waals surface area contributed by atoms with Crippen LogP contribution in [0.4, 0.5) is 0 Å². The van der Waals surface area contributed by atoms with Gasteiger partial charge in [-0.15, -0.1) is 0 Å². The molecule has 0 spiro atoms. The molecule has 4 saturated carbocycles. The number of aliphatic hydroxyl groups is 4. The standard InChI is InChI=1S/2C14H22O2/c2*1-13-6-4-10-12(13)9(11(15)5-7-13)3-8-14(10,2)16/h2*4,6,9-12,15-16H,3,5,7-8H2,1-2H3/t2*9-,10+,11-,12-,13+,14+/m11/s1. The summed E-state index contributed by atoms with van der Waals surface area (Å²) in [5.41, 5.74) is -0.684. The van der Waals surface area contributed by atoms with Crippen molar-refractivity contribution in [1.29, 1.82) is 0 Å². The normalized spacial score (nSPS) is 59.8. The third-order valence-corrected chi connectivity index (χ3v) is 10.9. The van der Waals surface area contributed by atoms with E-state index in [0.29, 0.717) is 23.7 Å². The van der Waals surface area contributed by atoms with Crippen LogP contribution in [0, 0.1) is 46.3 Å². The molecule has 4 N–H and O–H groups in total. The van der Waals surface area contributed by atoms with E-state index in [2.05, 4.69) is 38.2 Å². The summed E-state index contributed by atoms with van der Waals surface area (Å²) in [6.07, 6.45) is 16.4. The Bertz CT molecular complexity index is 733. The van der Waals surface area contributed by atoms with Gasteiger partial charge in [0.05, 0.1) is 23.4 Å². The molecule has 32 heavy (non-hydrogen) atoms. The van der Waals surface area contributed by atoms with Crippen molar-refractivity contribution in [1.82, 2.24) is 0 Å². The minimum atomic E-state index is -0.563. The lowest BCUT2D eigenvalue weighted by Crippen LogP contribution is -2.53. The summed E-state index contributed by atoms with van der Waals surface area (Å²) in [6, 6.07) is 0. The number of hydrogen-bond acceptors (Lipinski definition) is 4. The fraction of sp³-hybridized carbons (Fsp3) is 0.857. The van der Waals surface area contributed by atoms with E-state index < -0.39 is 11.2 Å². The highest BCUT2D eigenvalue weighted by molar-refractivity contribution is 5.23. The van der Waals surface area contributed by atoms with E-state index >= 15 is 0 Å². The Morgan fingerprint density at radius 3 is 1.34 bits per heavy atom. The zero-order chi connectivity index (χ0) is 23.1. The molecule has 0 amide bonds. The molecule has 180 valence electrons. The molecule has 4 fully saturated rings. The van der Waals surface area contributed by atoms with E-state index in [0.717, 1.165) is 51.4 Å². The SMILES string of the molecule is C[C@]1(O)CC[C@H]2[C@@H]3[C@@H]1C=C[C@@]3(C)CC[C@H]2O.C[C@]1(O)CC[C@H]2[C@@H]3[C@@H]1C=C[C@@]3(C)CC[C@H]2O. The summed E-state index contributed by atoms with van der Waals surface area (Å²) in [4.78, 5) is 0. The molecule has 0 aromatic rings. The Morgan fingerprint density at radius 2 is 0.969 bits per heavy atom. The molecule has 0 saturated heterocycles. The molecule has 0 aliphatic heterocycles. The highest BCUT2D eigenvalue weighted by Crippen LogP contribution is 2.61. The van der Waals surface area contributed by atoms with Crippen molar-refractivity contribution in [2.45, 2.75) is 102 Å². The van der Waals surface area contributed by atoms with Crippen LogP contribution in [-0.4, -0.2) is 43.8 Å². The molecule has 4 heteroatoms. The first-order chi connectivity index (χ1) is 14.9. The molecule has 0 aromatic heterocycles. The fourth-order valence-electron chi connectivity index (χ4n) is 8.95. The molecule has 0 unspecified atom stereocenters. The first-order valence-corrected chi connectivity index (χ1v) is 13.1. The Balaban J connectivity index is 0.000000135. The quantitative estimate of drug-likeness (QED) is 0.422. The monoisotopic (exact) mass is 444 g/mol. The highest BCUT2D eigenvalue weighted by Gasteiger charge is 2.58. The van der Waals surface area contributed by atoms with Crippen LogP contribution in [0.2, 0.25) is 0 Å². The molecule has 6 rings (SSSR count). The van der Waals surface area contributed by atoms with Gasteiger partial charge in [0.25, 0.3) is 0 Å². The van der Waals surface area contributed by atoms with Crippen molar-refractivity contribution < 1.29 is 20.4 Å². The fourth-order valence-corrected chi connectivity index (χ4v) is 8.95. The molecule has 6 aliphatic rings. The Morgan fingerprint density at radius 1 is 0.594 bits per heavy atom. The second-order valence-corrected chi connectivity index (χ2v) is 13.2. The summed E-state index contributed by atoms with van der Waals surface area (Å²) in [5.74, 6) is 2.23. The maximum absolute atomic E-state index is 10.5. The Kier molecular flexibility index (Phi) is 5.34. The average molecular weight is 445 g/mol. The molecule has 0 aromatic carbocycles. The summed E-state index contributed by atoms with van der Waals surface area (Å²) in [6.45, 7) is 8.53. The first-order valence-electron chi connectivity index (χ1n) is 13.1. The minimum Gasteiger partial charge on any atom is -0.393 e. The van der Waals surface area contributed by atoms with Crippen LogP contribution in [0.5, 0.6) is 0 Å². The van der Waals surface area contributed by atoms with E-state index in [4.69, 9.17) is 0 Å². The average Bonchev–Trinajstić information content (AvgIpc) is 3.27. The van der Waals surface area contributed by atoms with Crippen molar-refractivity contribution in [3.05, 3.63) is 24.3 Å². The van der Waals surface area contributed by atoms with Gasteiger partial charge in [0.2, 0.25) is 0 Å². The van der Waals surface area contributed by atoms with E-state index in [1.165, 1.54) is 0 Å². The molecule has 6 aliphatic carbocycles. The Labute approximate surface area is 193 Å². The third kappa shape index (κ3) is 3.39. The third-order valence-electron chi connectivity index (χ3n) is 10.9. The largest absolute Gasteiger partial charge is 0.393 e. The smallest absolute Gasteiger partial charge is 0.0685 e. The second-order valence-electron chi connectivity index (χ2n) is 13.2.